The number of benzene rings is 3. The Morgan fingerprint density at radius 2 is 1.63 bits per heavy atom. The molecule has 3 heterocycles. The molecule has 3 aromatic carbocycles. The van der Waals surface area contributed by atoms with Crippen molar-refractivity contribution in [2.24, 2.45) is 5.73 Å². The number of nitrogens with two attached hydrogens (primary N) is 1. The Morgan fingerprint density at radius 1 is 0.965 bits per heavy atom. The van der Waals surface area contributed by atoms with Crippen molar-refractivity contribution < 1.29 is 47.1 Å². The molecule has 0 spiro atoms. The summed E-state index contributed by atoms with van der Waals surface area (Å²) in [4.78, 5) is 89.3. The summed E-state index contributed by atoms with van der Waals surface area (Å²) in [6.07, 6.45) is -2.88. The first-order valence-corrected chi connectivity index (χ1v) is 20.3. The van der Waals surface area contributed by atoms with E-state index in [-0.39, 0.29) is 30.3 Å². The Bertz CT molecular complexity index is 2060. The fourth-order valence-corrected chi connectivity index (χ4v) is 8.64. The van der Waals surface area contributed by atoms with E-state index < -0.39 is 74.0 Å². The van der Waals surface area contributed by atoms with E-state index in [2.05, 4.69) is 20.5 Å². The summed E-state index contributed by atoms with van der Waals surface area (Å²) in [6, 6.07) is 19.4. The predicted octanol–water partition coefficient (Wildman–Crippen LogP) is 3.63. The summed E-state index contributed by atoms with van der Waals surface area (Å²) in [5, 5.41) is 9.08. The molecule has 2 aliphatic heterocycles. The van der Waals surface area contributed by atoms with Gasteiger partial charge in [-0.1, -0.05) is 66.7 Å². The van der Waals surface area contributed by atoms with Gasteiger partial charge in [-0.05, 0) is 74.0 Å². The van der Waals surface area contributed by atoms with Crippen LogP contribution in [0.1, 0.15) is 64.5 Å². The summed E-state index contributed by atoms with van der Waals surface area (Å²) >= 11 is 0.903. The number of likely N-dealkylation sites (N-methyl/N-ethyl adjacent to an activating group) is 1. The molecule has 14 nitrogen and oxygen atoms in total. The van der Waals surface area contributed by atoms with Gasteiger partial charge in [0, 0.05) is 23.7 Å². The number of nitrogens with zero attached hydrogens (tertiary/aromatic N) is 2. The zero-order valence-electron chi connectivity index (χ0n) is 30.8. The van der Waals surface area contributed by atoms with Crippen LogP contribution in [0.4, 0.5) is 8.78 Å². The average Bonchev–Trinajstić information content (AvgIpc) is 3.81. The molecule has 302 valence electrons. The molecule has 7 N–H and O–H groups in total. The van der Waals surface area contributed by atoms with Gasteiger partial charge in [-0.2, -0.15) is 8.78 Å². The smallest absolute Gasteiger partial charge is 0.370 e. The number of hydrogen-bond acceptors (Lipinski definition) is 10. The van der Waals surface area contributed by atoms with Crippen molar-refractivity contribution in [2.75, 3.05) is 20.1 Å². The maximum Gasteiger partial charge on any atom is 0.389 e. The molecule has 0 aliphatic carbocycles. The predicted molar refractivity (Wildman–Crippen MR) is 208 cm³/mol. The molecule has 2 saturated heterocycles. The van der Waals surface area contributed by atoms with E-state index in [1.807, 2.05) is 72.6 Å². The number of halogens is 2. The van der Waals surface area contributed by atoms with E-state index in [0.717, 1.165) is 34.6 Å². The van der Waals surface area contributed by atoms with Crippen LogP contribution in [0.25, 0.3) is 10.1 Å². The number of carbonyl (C=O) groups is 5. The van der Waals surface area contributed by atoms with Gasteiger partial charge in [0.05, 0.1) is 16.5 Å². The Hall–Kier alpha value is -4.90. The second kappa shape index (κ2) is 18.1. The first-order valence-electron chi connectivity index (χ1n) is 18.3. The number of primary amides is 1. The number of nitrogens with one attached hydrogen (secondary N) is 3. The highest BCUT2D eigenvalue weighted by Gasteiger charge is 2.45. The van der Waals surface area contributed by atoms with Crippen LogP contribution in [-0.2, 0) is 29.8 Å². The Labute approximate surface area is 332 Å². The molecule has 57 heavy (non-hydrogen) atoms. The van der Waals surface area contributed by atoms with Crippen molar-refractivity contribution in [3.63, 3.8) is 0 Å². The SMILES string of the molecule is CN1CC[C@H]2CC[C@@H](C(=O)N[C@@H](CCC(N)=O)C(=O)NC(c3ccccc3)c3ccccc3)N2C(=O)[C@@H](NC(=O)c2cc3ccc(C(F)(F)OP(O)O)cc3s2)C1. The number of alkyl halides is 2. The minimum absolute atomic E-state index is 0.0811. The number of rotatable bonds is 14. The van der Waals surface area contributed by atoms with Gasteiger partial charge < -0.3 is 41.3 Å². The fraction of sp³-hybridized carbons (Fsp3) is 0.359. The minimum atomic E-state index is -3.99. The largest absolute Gasteiger partial charge is 0.389 e. The average molecular weight is 825 g/mol. The molecule has 0 bridgehead atoms. The van der Waals surface area contributed by atoms with Gasteiger partial charge in [0.2, 0.25) is 23.6 Å². The highest BCUT2D eigenvalue weighted by atomic mass is 32.1. The molecule has 6 rings (SSSR count). The number of carbonyl (C=O) groups excluding carboxylic acids is 5. The van der Waals surface area contributed by atoms with Crippen molar-refractivity contribution in [1.29, 1.82) is 0 Å². The van der Waals surface area contributed by atoms with Crippen LogP contribution in [0.3, 0.4) is 0 Å². The topological polar surface area (TPSA) is 204 Å². The molecule has 4 atom stereocenters. The van der Waals surface area contributed by atoms with Gasteiger partial charge in [0.15, 0.2) is 0 Å². The molecule has 5 amide bonds. The summed E-state index contributed by atoms with van der Waals surface area (Å²) < 4.78 is 33.1. The molecule has 18 heteroatoms. The lowest BCUT2D eigenvalue weighted by atomic mass is 9.98. The number of thiophene rings is 1. The van der Waals surface area contributed by atoms with Gasteiger partial charge in [-0.25, -0.2) is 4.52 Å². The van der Waals surface area contributed by atoms with Crippen LogP contribution in [0.2, 0.25) is 0 Å². The van der Waals surface area contributed by atoms with Crippen molar-refractivity contribution >= 4 is 59.6 Å². The third-order valence-electron chi connectivity index (χ3n) is 10.1. The second-order valence-electron chi connectivity index (χ2n) is 14.1. The fourth-order valence-electron chi connectivity index (χ4n) is 7.32. The third-order valence-corrected chi connectivity index (χ3v) is 11.6. The third kappa shape index (κ3) is 10.2. The van der Waals surface area contributed by atoms with Crippen molar-refractivity contribution in [3.05, 3.63) is 106 Å². The van der Waals surface area contributed by atoms with Crippen LogP contribution < -0.4 is 21.7 Å². The summed E-state index contributed by atoms with van der Waals surface area (Å²) in [5.74, 6) is -2.90. The first kappa shape index (κ1) is 41.7. The van der Waals surface area contributed by atoms with E-state index in [1.54, 1.807) is 0 Å². The lowest BCUT2D eigenvalue weighted by Gasteiger charge is -2.38. The summed E-state index contributed by atoms with van der Waals surface area (Å²) in [5.41, 5.74) is 6.43. The highest BCUT2D eigenvalue weighted by Crippen LogP contribution is 2.42. The minimum Gasteiger partial charge on any atom is -0.370 e. The van der Waals surface area contributed by atoms with Crippen molar-refractivity contribution in [3.8, 4) is 0 Å². The first-order chi connectivity index (χ1) is 27.2. The van der Waals surface area contributed by atoms with E-state index >= 15 is 0 Å². The summed E-state index contributed by atoms with van der Waals surface area (Å²) in [6.45, 7) is 0.682. The highest BCUT2D eigenvalue weighted by molar-refractivity contribution is 7.39. The molecule has 2 aliphatic rings. The van der Waals surface area contributed by atoms with Crippen LogP contribution in [0.15, 0.2) is 84.9 Å². The van der Waals surface area contributed by atoms with Crippen LogP contribution in [0, 0.1) is 0 Å². The maximum absolute atomic E-state index is 14.4. The van der Waals surface area contributed by atoms with Gasteiger partial charge in [0.25, 0.3) is 5.91 Å². The van der Waals surface area contributed by atoms with Crippen molar-refractivity contribution in [1.82, 2.24) is 25.8 Å². The monoisotopic (exact) mass is 824 g/mol. The molecule has 0 unspecified atom stereocenters. The molecular formula is C39H43F2N6O8PS. The normalized spacial score (nSPS) is 19.5. The molecule has 4 aromatic rings. The van der Waals surface area contributed by atoms with E-state index in [4.69, 9.17) is 15.5 Å². The van der Waals surface area contributed by atoms with E-state index in [9.17, 15) is 32.8 Å². The molecule has 0 saturated carbocycles. The molecule has 0 radical (unpaired) electrons. The van der Waals surface area contributed by atoms with Crippen LogP contribution in [0.5, 0.6) is 0 Å². The summed E-state index contributed by atoms with van der Waals surface area (Å²) in [7, 11) is -1.52. The Kier molecular flexibility index (Phi) is 13.3. The van der Waals surface area contributed by atoms with E-state index in [0.29, 0.717) is 35.9 Å². The Balaban J connectivity index is 1.19. The van der Waals surface area contributed by atoms with Crippen LogP contribution >= 0.6 is 19.9 Å². The van der Waals surface area contributed by atoms with E-state index in [1.165, 1.54) is 17.0 Å². The van der Waals surface area contributed by atoms with Gasteiger partial charge >= 0.3 is 14.7 Å². The second-order valence-corrected chi connectivity index (χ2v) is 15.9. The quantitative estimate of drug-likeness (QED) is 0.103. The van der Waals surface area contributed by atoms with Gasteiger partial charge in [-0.3, -0.25) is 24.0 Å². The lowest BCUT2D eigenvalue weighted by Crippen LogP contribution is -2.61. The molecule has 1 aromatic heterocycles. The molecular weight excluding hydrogens is 782 g/mol. The lowest BCUT2D eigenvalue weighted by molar-refractivity contribution is -0.189. The van der Waals surface area contributed by atoms with Crippen LogP contribution in [-0.4, -0.2) is 93.4 Å². The zero-order valence-corrected chi connectivity index (χ0v) is 32.6. The number of amides is 5. The standard InChI is InChI=1S/C39H43F2N6O8PS/c1-46-19-18-27-14-16-30(36(50)43-28(15-17-33(42)48)35(49)45-34(23-8-4-2-5-9-23)24-10-6-3-7-11-24)47(27)38(52)29(22-46)44-37(51)32-20-25-12-13-26(21-31(25)57-32)39(40,41)55-56(53)54/h2-13,20-21,27-30,34,53-54H,14-19,22H2,1H3,(H2,42,48)(H,43,50)(H,44,51)(H,45,49)/t27-,28+,29+,30+/m1/s1. The van der Waals surface area contributed by atoms with Gasteiger partial charge in [-0.15, -0.1) is 11.3 Å². The van der Waals surface area contributed by atoms with Gasteiger partial charge in [0.1, 0.15) is 18.1 Å². The number of fused-ring (bicyclic) bond motifs is 2. The number of hydrogen-bond donors (Lipinski definition) is 6. The van der Waals surface area contributed by atoms with Crippen molar-refractivity contribution in [2.45, 2.75) is 68.4 Å². The zero-order chi connectivity index (χ0) is 40.9. The molecule has 2 fully saturated rings. The maximum atomic E-state index is 14.4. The Morgan fingerprint density at radius 3 is 2.26 bits per heavy atom.